The van der Waals surface area contributed by atoms with Crippen LogP contribution in [0.1, 0.15) is 90.5 Å². The van der Waals surface area contributed by atoms with E-state index >= 15 is 0 Å². The van der Waals surface area contributed by atoms with Gasteiger partial charge in [-0.05, 0) is 38.5 Å². The van der Waals surface area contributed by atoms with Gasteiger partial charge in [0.05, 0.1) is 0 Å². The highest BCUT2D eigenvalue weighted by atomic mass is 13.8. The van der Waals surface area contributed by atoms with Crippen LogP contribution in [0.4, 0.5) is 0 Å². The molecular formula is C31H72. The first-order valence-electron chi connectivity index (χ1n) is 7.77. The highest BCUT2D eigenvalue weighted by molar-refractivity contribution is 4.72. The lowest BCUT2D eigenvalue weighted by Crippen LogP contribution is -1.64. The Morgan fingerprint density at radius 1 is 0.290 bits per heavy atom. The van der Waals surface area contributed by atoms with Crippen LogP contribution in [-0.2, 0) is 0 Å². The van der Waals surface area contributed by atoms with E-state index in [0.717, 1.165) is 25.7 Å². The van der Waals surface area contributed by atoms with E-state index in [0.29, 0.717) is 0 Å². The zero-order valence-corrected chi connectivity index (χ0v) is 16.5. The zero-order chi connectivity index (χ0) is 21.1. The summed E-state index contributed by atoms with van der Waals surface area (Å²) in [6, 6.07) is 0. The van der Waals surface area contributed by atoms with Crippen molar-refractivity contribution in [2.75, 3.05) is 0 Å². The molecule has 0 amide bonds. The minimum absolute atomic E-state index is 0. The van der Waals surface area contributed by atoms with Gasteiger partial charge in [-0.15, -0.1) is 92.1 Å². The molecule has 0 atom stereocenters. The van der Waals surface area contributed by atoms with Crippen LogP contribution in [0, 0.1) is 0 Å². The molecule has 0 bridgehead atoms. The molecule has 0 N–H and O–H groups in total. The van der Waals surface area contributed by atoms with Gasteiger partial charge in [-0.3, -0.25) is 0 Å². The maximum Gasteiger partial charge on any atom is -0.0350 e. The monoisotopic (exact) mass is 445 g/mol. The summed E-state index contributed by atoms with van der Waals surface area (Å²) in [6.07, 6.45) is 14.6. The Kier molecular flexibility index (Phi) is 1100. The number of allylic oxidation sites excluding steroid dienone is 4. The number of unbranched alkanes of at least 4 members (excludes halogenated alkanes) is 4. The first-order chi connectivity index (χ1) is 11.8. The summed E-state index contributed by atoms with van der Waals surface area (Å²) in [7, 11) is 0. The van der Waals surface area contributed by atoms with Gasteiger partial charge in [0.2, 0.25) is 0 Å². The number of hydrogen-bond acceptors (Lipinski definition) is 0. The van der Waals surface area contributed by atoms with Crippen LogP contribution in [0.15, 0.2) is 116 Å². The van der Waals surface area contributed by atoms with Crippen LogP contribution in [0.3, 0.4) is 0 Å². The summed E-state index contributed by atoms with van der Waals surface area (Å²) in [4.78, 5) is 0. The molecule has 0 rings (SSSR count). The quantitative estimate of drug-likeness (QED) is 0.258. The van der Waals surface area contributed by atoms with Crippen LogP contribution in [0.2, 0.25) is 0 Å². The molecule has 0 aromatic heterocycles. The van der Waals surface area contributed by atoms with Crippen LogP contribution in [0.25, 0.3) is 0 Å². The van der Waals surface area contributed by atoms with Crippen molar-refractivity contribution in [1.82, 2.24) is 0 Å². The van der Waals surface area contributed by atoms with E-state index in [2.05, 4.69) is 92.1 Å². The molecule has 0 saturated heterocycles. The summed E-state index contributed by atoms with van der Waals surface area (Å²) in [5, 5.41) is 0. The van der Waals surface area contributed by atoms with E-state index in [1.54, 1.807) is 0 Å². The third kappa shape index (κ3) is 569. The van der Waals surface area contributed by atoms with Gasteiger partial charge in [0.25, 0.3) is 0 Å². The lowest BCUT2D eigenvalue weighted by atomic mass is 10.2. The minimum atomic E-state index is 0. The van der Waals surface area contributed by atoms with E-state index in [4.69, 9.17) is 0 Å². The van der Waals surface area contributed by atoms with E-state index < -0.39 is 0 Å². The minimum Gasteiger partial charge on any atom is -0.106 e. The predicted molar refractivity (Wildman–Crippen MR) is 172 cm³/mol. The normalized spacial score (nSPS) is 4.26. The van der Waals surface area contributed by atoms with Gasteiger partial charge in [-0.1, -0.05) is 76.3 Å². The second-order valence-electron chi connectivity index (χ2n) is 3.02. The Morgan fingerprint density at radius 3 is 0.452 bits per heavy atom. The molecule has 0 saturated carbocycles. The van der Waals surface area contributed by atoms with E-state index in [1.807, 2.05) is 24.3 Å². The van der Waals surface area contributed by atoms with Crippen LogP contribution in [-0.4, -0.2) is 0 Å². The fourth-order valence-electron chi connectivity index (χ4n) is 0.813. The second-order valence-corrected chi connectivity index (χ2v) is 3.02. The Labute approximate surface area is 207 Å². The molecule has 196 valence electrons. The average Bonchev–Trinajstić information content (AvgIpc) is 2.71. The van der Waals surface area contributed by atoms with Crippen molar-refractivity contribution in [2.24, 2.45) is 0 Å². The second kappa shape index (κ2) is 335. The summed E-state index contributed by atoms with van der Waals surface area (Å²) in [5.74, 6) is 0. The number of rotatable bonds is 8. The zero-order valence-electron chi connectivity index (χ0n) is 16.5. The molecule has 0 aliphatic heterocycles. The Morgan fingerprint density at radius 2 is 0.387 bits per heavy atom. The largest absolute Gasteiger partial charge is 0.106 e. The molecule has 0 fully saturated rings. The van der Waals surface area contributed by atoms with Gasteiger partial charge in [0.15, 0.2) is 0 Å². The van der Waals surface area contributed by atoms with Crippen molar-refractivity contribution in [3.8, 4) is 0 Å². The molecule has 0 nitrogen and oxygen atoms in total. The smallest absolute Gasteiger partial charge is 0.0350 e. The van der Waals surface area contributed by atoms with Crippen molar-refractivity contribution < 1.29 is 0 Å². The van der Waals surface area contributed by atoms with Crippen molar-refractivity contribution in [3.63, 3.8) is 0 Å². The molecule has 0 heteroatoms. The van der Waals surface area contributed by atoms with Gasteiger partial charge >= 0.3 is 0 Å². The molecular weight excluding hydrogens is 372 g/mol. The summed E-state index contributed by atoms with van der Waals surface area (Å²) in [6.45, 7) is 44.4. The lowest BCUT2D eigenvalue weighted by Gasteiger charge is -1.84. The standard InChI is InChI=1S/2C7H12.5C2H4.7CH4/c2*1-3-5-7-6-4-2;5*1-2;;;;;;;/h2*3-4H,1-2,5-7H2;5*1-2H2;7*1H4. The van der Waals surface area contributed by atoms with E-state index in [9.17, 15) is 0 Å². The van der Waals surface area contributed by atoms with Crippen LogP contribution in [0.5, 0.6) is 0 Å². The van der Waals surface area contributed by atoms with Crippen molar-refractivity contribution in [1.29, 1.82) is 0 Å². The number of hydrogen-bond donors (Lipinski definition) is 0. The molecule has 0 radical (unpaired) electrons. The van der Waals surface area contributed by atoms with Gasteiger partial charge in [0, 0.05) is 0 Å². The fourth-order valence-corrected chi connectivity index (χ4v) is 0.813. The van der Waals surface area contributed by atoms with E-state index in [-0.39, 0.29) is 52.0 Å². The summed E-state index contributed by atoms with van der Waals surface area (Å²) in [5.41, 5.74) is 0. The van der Waals surface area contributed by atoms with Crippen molar-refractivity contribution in [3.05, 3.63) is 116 Å². The Hall–Kier alpha value is -2.34. The van der Waals surface area contributed by atoms with Crippen molar-refractivity contribution >= 4 is 0 Å². The highest BCUT2D eigenvalue weighted by Crippen LogP contribution is 1.94. The molecule has 0 aliphatic carbocycles. The molecule has 0 aliphatic rings. The van der Waals surface area contributed by atoms with Gasteiger partial charge in [-0.25, -0.2) is 0 Å². The summed E-state index contributed by atoms with van der Waals surface area (Å²) >= 11 is 0. The van der Waals surface area contributed by atoms with E-state index in [1.165, 1.54) is 12.8 Å². The van der Waals surface area contributed by atoms with Crippen LogP contribution >= 0.6 is 0 Å². The predicted octanol–water partition coefficient (Wildman–Crippen LogP) is 13.5. The maximum atomic E-state index is 3.60. The molecule has 0 aromatic carbocycles. The van der Waals surface area contributed by atoms with Gasteiger partial charge in [-0.2, -0.15) is 0 Å². The Balaban J connectivity index is -0.00000000953. The Bertz CT molecular complexity index is 154. The first kappa shape index (κ1) is 102. The lowest BCUT2D eigenvalue weighted by molar-refractivity contribution is 0.871. The SMILES string of the molecule is C.C.C.C.C.C.C.C=C.C=C.C=C.C=C.C=C.C=CCCCC=C.C=CCCCC=C. The topological polar surface area (TPSA) is 0 Å². The fraction of sp³-hybridized carbons (Fsp3) is 0.419. The van der Waals surface area contributed by atoms with Gasteiger partial charge < -0.3 is 0 Å². The van der Waals surface area contributed by atoms with Gasteiger partial charge in [0.1, 0.15) is 0 Å². The maximum absolute atomic E-state index is 3.60. The first-order valence-corrected chi connectivity index (χ1v) is 7.77. The average molecular weight is 445 g/mol. The molecule has 0 spiro atoms. The third-order valence-corrected chi connectivity index (χ3v) is 1.63. The van der Waals surface area contributed by atoms with Crippen molar-refractivity contribution in [2.45, 2.75) is 90.5 Å². The third-order valence-electron chi connectivity index (χ3n) is 1.63. The molecule has 0 unspecified atom stereocenters. The molecule has 31 heavy (non-hydrogen) atoms. The highest BCUT2D eigenvalue weighted by Gasteiger charge is 1.74. The summed E-state index contributed by atoms with van der Waals surface area (Å²) < 4.78 is 0. The van der Waals surface area contributed by atoms with Crippen LogP contribution < -0.4 is 0 Å². The molecule has 0 heterocycles. The molecule has 0 aromatic rings.